The van der Waals surface area contributed by atoms with Crippen LogP contribution in [0.1, 0.15) is 39.3 Å². The lowest BCUT2D eigenvalue weighted by atomic mass is 9.94. The molecular formula is C14H22FNO2. The summed E-state index contributed by atoms with van der Waals surface area (Å²) in [7, 11) is 0. The van der Waals surface area contributed by atoms with E-state index in [4.69, 9.17) is 10.5 Å². The molecule has 0 spiro atoms. The zero-order chi connectivity index (χ0) is 13.9. The summed E-state index contributed by atoms with van der Waals surface area (Å²) in [4.78, 5) is 0. The van der Waals surface area contributed by atoms with E-state index in [9.17, 15) is 9.50 Å². The van der Waals surface area contributed by atoms with Crippen molar-refractivity contribution >= 4 is 0 Å². The molecule has 0 aliphatic heterocycles. The van der Waals surface area contributed by atoms with E-state index in [1.165, 1.54) is 12.1 Å². The van der Waals surface area contributed by atoms with Crippen molar-refractivity contribution in [2.45, 2.75) is 39.3 Å². The van der Waals surface area contributed by atoms with E-state index in [1.54, 1.807) is 19.9 Å². The molecule has 18 heavy (non-hydrogen) atoms. The Labute approximate surface area is 108 Å². The van der Waals surface area contributed by atoms with E-state index in [0.717, 1.165) is 0 Å². The Bertz CT molecular complexity index is 403. The molecule has 0 amide bonds. The van der Waals surface area contributed by atoms with Crippen LogP contribution in [0.2, 0.25) is 0 Å². The molecule has 0 heterocycles. The molecule has 1 aromatic rings. The van der Waals surface area contributed by atoms with Gasteiger partial charge in [-0.05, 0) is 38.0 Å². The van der Waals surface area contributed by atoms with Crippen LogP contribution in [-0.4, -0.2) is 17.3 Å². The molecule has 0 aliphatic carbocycles. The van der Waals surface area contributed by atoms with Gasteiger partial charge in [-0.1, -0.05) is 13.8 Å². The van der Waals surface area contributed by atoms with E-state index in [-0.39, 0.29) is 24.4 Å². The number of ether oxygens (including phenoxy) is 1. The molecule has 2 atom stereocenters. The van der Waals surface area contributed by atoms with E-state index < -0.39 is 5.60 Å². The Morgan fingerprint density at radius 1 is 1.39 bits per heavy atom. The van der Waals surface area contributed by atoms with E-state index >= 15 is 0 Å². The number of aliphatic hydroxyl groups is 1. The Balaban J connectivity index is 2.85. The Morgan fingerprint density at radius 3 is 2.50 bits per heavy atom. The fraction of sp³-hybridized carbons (Fsp3) is 0.571. The number of hydrogen-bond donors (Lipinski definition) is 2. The van der Waals surface area contributed by atoms with Gasteiger partial charge in [0.15, 0.2) is 0 Å². The molecule has 3 nitrogen and oxygen atoms in total. The van der Waals surface area contributed by atoms with Crippen molar-refractivity contribution in [3.05, 3.63) is 29.6 Å². The zero-order valence-corrected chi connectivity index (χ0v) is 11.4. The van der Waals surface area contributed by atoms with Crippen LogP contribution in [0.15, 0.2) is 18.2 Å². The van der Waals surface area contributed by atoms with Crippen molar-refractivity contribution < 1.29 is 14.2 Å². The predicted molar refractivity (Wildman–Crippen MR) is 70.0 cm³/mol. The standard InChI is InChI=1S/C14H22FNO2/c1-9(2)14(4,17)8-18-13-6-5-11(15)7-12(13)10(3)16/h5-7,9-10,17H,8,16H2,1-4H3/t10-,14?/m1/s1. The molecule has 102 valence electrons. The van der Waals surface area contributed by atoms with Gasteiger partial charge in [0.1, 0.15) is 18.2 Å². The van der Waals surface area contributed by atoms with Crippen molar-refractivity contribution in [2.24, 2.45) is 11.7 Å². The topological polar surface area (TPSA) is 55.5 Å². The lowest BCUT2D eigenvalue weighted by molar-refractivity contribution is -0.0269. The average molecular weight is 255 g/mol. The number of hydrogen-bond acceptors (Lipinski definition) is 3. The quantitative estimate of drug-likeness (QED) is 0.850. The van der Waals surface area contributed by atoms with Crippen LogP contribution in [0.3, 0.4) is 0 Å². The molecule has 1 rings (SSSR count). The van der Waals surface area contributed by atoms with E-state index in [0.29, 0.717) is 11.3 Å². The minimum Gasteiger partial charge on any atom is -0.490 e. The van der Waals surface area contributed by atoms with Gasteiger partial charge in [-0.25, -0.2) is 4.39 Å². The van der Waals surface area contributed by atoms with Crippen LogP contribution in [0.25, 0.3) is 0 Å². The first-order valence-electron chi connectivity index (χ1n) is 6.14. The fourth-order valence-electron chi connectivity index (χ4n) is 1.40. The first-order chi connectivity index (χ1) is 8.24. The van der Waals surface area contributed by atoms with Gasteiger partial charge in [0.25, 0.3) is 0 Å². The Hall–Kier alpha value is -1.13. The summed E-state index contributed by atoms with van der Waals surface area (Å²) in [6.45, 7) is 7.46. The highest BCUT2D eigenvalue weighted by Crippen LogP contribution is 2.26. The smallest absolute Gasteiger partial charge is 0.124 e. The second kappa shape index (κ2) is 5.67. The molecule has 0 fully saturated rings. The normalized spacial score (nSPS) is 16.4. The highest BCUT2D eigenvalue weighted by molar-refractivity contribution is 5.36. The minimum absolute atomic E-state index is 0.0664. The summed E-state index contributed by atoms with van der Waals surface area (Å²) in [6.07, 6.45) is 0. The molecule has 1 aromatic carbocycles. The van der Waals surface area contributed by atoms with Gasteiger partial charge in [-0.15, -0.1) is 0 Å². The summed E-state index contributed by atoms with van der Waals surface area (Å²) < 4.78 is 18.7. The maximum Gasteiger partial charge on any atom is 0.124 e. The van der Waals surface area contributed by atoms with Gasteiger partial charge in [-0.2, -0.15) is 0 Å². The molecule has 0 saturated heterocycles. The number of benzene rings is 1. The van der Waals surface area contributed by atoms with Crippen LogP contribution >= 0.6 is 0 Å². The zero-order valence-electron chi connectivity index (χ0n) is 11.4. The third kappa shape index (κ3) is 3.68. The Kier molecular flexibility index (Phi) is 4.71. The molecule has 0 aromatic heterocycles. The van der Waals surface area contributed by atoms with Gasteiger partial charge >= 0.3 is 0 Å². The van der Waals surface area contributed by atoms with Gasteiger partial charge in [0, 0.05) is 11.6 Å². The van der Waals surface area contributed by atoms with Crippen molar-refractivity contribution in [1.82, 2.24) is 0 Å². The largest absolute Gasteiger partial charge is 0.490 e. The summed E-state index contributed by atoms with van der Waals surface area (Å²) in [6, 6.07) is 3.92. The van der Waals surface area contributed by atoms with Crippen LogP contribution < -0.4 is 10.5 Å². The third-order valence-corrected chi connectivity index (χ3v) is 3.23. The lowest BCUT2D eigenvalue weighted by Gasteiger charge is -2.28. The molecule has 3 N–H and O–H groups in total. The highest BCUT2D eigenvalue weighted by atomic mass is 19.1. The van der Waals surface area contributed by atoms with Crippen LogP contribution in [0.4, 0.5) is 4.39 Å². The summed E-state index contributed by atoms with van der Waals surface area (Å²) >= 11 is 0. The lowest BCUT2D eigenvalue weighted by Crippen LogP contribution is -2.38. The molecule has 4 heteroatoms. The second-order valence-corrected chi connectivity index (χ2v) is 5.27. The maximum absolute atomic E-state index is 13.1. The maximum atomic E-state index is 13.1. The molecule has 0 saturated carbocycles. The molecule has 0 radical (unpaired) electrons. The van der Waals surface area contributed by atoms with Crippen molar-refractivity contribution in [3.8, 4) is 5.75 Å². The second-order valence-electron chi connectivity index (χ2n) is 5.27. The van der Waals surface area contributed by atoms with Crippen LogP contribution in [0.5, 0.6) is 5.75 Å². The predicted octanol–water partition coefficient (Wildman–Crippen LogP) is 2.63. The van der Waals surface area contributed by atoms with Gasteiger partial charge in [-0.3, -0.25) is 0 Å². The molecule has 1 unspecified atom stereocenters. The SMILES string of the molecule is CC(C)C(C)(O)COc1ccc(F)cc1[C@@H](C)N. The number of rotatable bonds is 5. The van der Waals surface area contributed by atoms with Crippen molar-refractivity contribution in [1.29, 1.82) is 0 Å². The van der Waals surface area contributed by atoms with Gasteiger partial charge < -0.3 is 15.6 Å². The first-order valence-corrected chi connectivity index (χ1v) is 6.14. The van der Waals surface area contributed by atoms with E-state index in [2.05, 4.69) is 0 Å². The number of halogens is 1. The highest BCUT2D eigenvalue weighted by Gasteiger charge is 2.26. The summed E-state index contributed by atoms with van der Waals surface area (Å²) in [5.74, 6) is 0.245. The van der Waals surface area contributed by atoms with Crippen molar-refractivity contribution in [3.63, 3.8) is 0 Å². The average Bonchev–Trinajstić information content (AvgIpc) is 2.27. The molecule has 0 aliphatic rings. The first kappa shape index (κ1) is 14.9. The van der Waals surface area contributed by atoms with Crippen LogP contribution in [0, 0.1) is 11.7 Å². The third-order valence-electron chi connectivity index (χ3n) is 3.23. The van der Waals surface area contributed by atoms with Gasteiger partial charge in [0.2, 0.25) is 0 Å². The molecular weight excluding hydrogens is 233 g/mol. The summed E-state index contributed by atoms with van der Waals surface area (Å²) in [5.41, 5.74) is 5.45. The van der Waals surface area contributed by atoms with Crippen LogP contribution in [-0.2, 0) is 0 Å². The van der Waals surface area contributed by atoms with Crippen molar-refractivity contribution in [2.75, 3.05) is 6.61 Å². The monoisotopic (exact) mass is 255 g/mol. The van der Waals surface area contributed by atoms with E-state index in [1.807, 2.05) is 13.8 Å². The minimum atomic E-state index is -0.927. The fourth-order valence-corrected chi connectivity index (χ4v) is 1.40. The van der Waals surface area contributed by atoms with Gasteiger partial charge in [0.05, 0.1) is 5.60 Å². The number of nitrogens with two attached hydrogens (primary N) is 1. The summed E-state index contributed by atoms with van der Waals surface area (Å²) in [5, 5.41) is 10.1. The molecule has 0 bridgehead atoms. The Morgan fingerprint density at radius 2 is 2.00 bits per heavy atom.